The molecule has 0 saturated carbocycles. The summed E-state index contributed by atoms with van der Waals surface area (Å²) in [7, 11) is 0. The van der Waals surface area contributed by atoms with E-state index in [9.17, 15) is 8.78 Å². The summed E-state index contributed by atoms with van der Waals surface area (Å²) in [6.45, 7) is 6.25. The molecule has 1 aromatic carbocycles. The van der Waals surface area contributed by atoms with Gasteiger partial charge in [-0.15, -0.1) is 0 Å². The maximum atomic E-state index is 14.0. The molecule has 0 aliphatic carbocycles. The van der Waals surface area contributed by atoms with Gasteiger partial charge in [0.15, 0.2) is 5.96 Å². The maximum Gasteiger partial charge on any atom is 0.191 e. The lowest BCUT2D eigenvalue weighted by molar-refractivity contribution is 0.576. The van der Waals surface area contributed by atoms with Crippen molar-refractivity contribution in [2.45, 2.75) is 32.9 Å². The van der Waals surface area contributed by atoms with Gasteiger partial charge in [-0.2, -0.15) is 0 Å². The Morgan fingerprint density at radius 2 is 1.96 bits per heavy atom. The minimum absolute atomic E-state index is 0.0488. The number of aromatic nitrogens is 1. The molecule has 2 N–H and O–H groups in total. The van der Waals surface area contributed by atoms with E-state index in [0.29, 0.717) is 25.6 Å². The van der Waals surface area contributed by atoms with Crippen LogP contribution in [0.3, 0.4) is 0 Å². The Morgan fingerprint density at radius 1 is 1.22 bits per heavy atom. The van der Waals surface area contributed by atoms with Crippen LogP contribution in [0.4, 0.5) is 14.5 Å². The molecule has 144 valence electrons. The van der Waals surface area contributed by atoms with E-state index in [1.165, 1.54) is 18.2 Å². The van der Waals surface area contributed by atoms with Crippen LogP contribution in [0.1, 0.15) is 24.7 Å². The van der Waals surface area contributed by atoms with Crippen molar-refractivity contribution < 1.29 is 8.78 Å². The molecule has 1 fully saturated rings. The highest BCUT2D eigenvalue weighted by atomic mass is 19.1. The van der Waals surface area contributed by atoms with Crippen LogP contribution in [0.25, 0.3) is 0 Å². The average Bonchev–Trinajstić information content (AvgIpc) is 3.08. The van der Waals surface area contributed by atoms with Crippen LogP contribution in [0.15, 0.2) is 41.4 Å². The lowest BCUT2D eigenvalue weighted by atomic mass is 10.2. The number of hydrogen-bond acceptors (Lipinski definition) is 3. The van der Waals surface area contributed by atoms with Gasteiger partial charge in [0.05, 0.1) is 12.2 Å². The van der Waals surface area contributed by atoms with E-state index in [1.807, 2.05) is 32.0 Å². The first-order valence-electron chi connectivity index (χ1n) is 9.23. The first kappa shape index (κ1) is 19.1. The van der Waals surface area contributed by atoms with Gasteiger partial charge in [-0.3, -0.25) is 4.98 Å². The second-order valence-electron chi connectivity index (χ2n) is 6.61. The monoisotopic (exact) mass is 373 g/mol. The molecule has 1 aromatic heterocycles. The van der Waals surface area contributed by atoms with Crippen molar-refractivity contribution in [3.8, 4) is 0 Å². The number of nitrogens with one attached hydrogen (secondary N) is 2. The molecule has 0 amide bonds. The fourth-order valence-corrected chi connectivity index (χ4v) is 3.23. The van der Waals surface area contributed by atoms with Gasteiger partial charge in [-0.1, -0.05) is 12.1 Å². The van der Waals surface area contributed by atoms with Crippen molar-refractivity contribution in [1.29, 1.82) is 0 Å². The van der Waals surface area contributed by atoms with Crippen LogP contribution in [0.2, 0.25) is 0 Å². The van der Waals surface area contributed by atoms with E-state index in [-0.39, 0.29) is 11.7 Å². The molecular weight excluding hydrogens is 348 g/mol. The third kappa shape index (κ3) is 4.93. The number of hydrogen-bond donors (Lipinski definition) is 2. The molecule has 1 unspecified atom stereocenters. The molecule has 1 saturated heterocycles. The Balaban J connectivity index is 1.64. The van der Waals surface area contributed by atoms with Gasteiger partial charge in [-0.25, -0.2) is 13.8 Å². The van der Waals surface area contributed by atoms with Crippen LogP contribution in [-0.2, 0) is 6.54 Å². The Labute approximate surface area is 158 Å². The number of pyridine rings is 1. The van der Waals surface area contributed by atoms with Crippen molar-refractivity contribution in [1.82, 2.24) is 15.6 Å². The van der Waals surface area contributed by atoms with Crippen molar-refractivity contribution in [3.05, 3.63) is 59.4 Å². The molecule has 27 heavy (non-hydrogen) atoms. The van der Waals surface area contributed by atoms with Crippen molar-refractivity contribution in [3.63, 3.8) is 0 Å². The molecule has 0 radical (unpaired) electrons. The number of aliphatic imine (C=N–C) groups is 1. The minimum atomic E-state index is -0.526. The van der Waals surface area contributed by atoms with Gasteiger partial charge in [-0.05, 0) is 44.5 Å². The summed E-state index contributed by atoms with van der Waals surface area (Å²) < 4.78 is 28.0. The lowest BCUT2D eigenvalue weighted by Gasteiger charge is -2.21. The Hall–Kier alpha value is -2.70. The van der Waals surface area contributed by atoms with E-state index in [4.69, 9.17) is 0 Å². The molecule has 1 aliphatic rings. The number of nitrogens with zero attached hydrogens (tertiary/aromatic N) is 3. The number of rotatable bonds is 5. The average molecular weight is 373 g/mol. The van der Waals surface area contributed by atoms with Crippen LogP contribution in [-0.4, -0.2) is 36.6 Å². The third-order valence-corrected chi connectivity index (χ3v) is 4.47. The van der Waals surface area contributed by atoms with Gasteiger partial charge >= 0.3 is 0 Å². The van der Waals surface area contributed by atoms with Crippen LogP contribution < -0.4 is 15.5 Å². The standard InChI is InChI=1S/C20H25F2N5/c1-3-23-20(24-12-15-7-4-6-14(2)25-15)26-16-10-11-27(13-16)19-17(21)8-5-9-18(19)22/h4-9,16H,3,10-13H2,1-2H3,(H2,23,24,26). The smallest absolute Gasteiger partial charge is 0.191 e. The number of anilines is 1. The summed E-state index contributed by atoms with van der Waals surface area (Å²) >= 11 is 0. The topological polar surface area (TPSA) is 52.6 Å². The summed E-state index contributed by atoms with van der Waals surface area (Å²) in [5.74, 6) is -0.370. The second-order valence-corrected chi connectivity index (χ2v) is 6.61. The largest absolute Gasteiger partial charge is 0.365 e. The summed E-state index contributed by atoms with van der Waals surface area (Å²) in [5.41, 5.74) is 1.90. The van der Waals surface area contributed by atoms with E-state index in [1.54, 1.807) is 4.90 Å². The molecule has 0 spiro atoms. The molecule has 1 atom stereocenters. The summed E-state index contributed by atoms with van der Waals surface area (Å²) in [5, 5.41) is 6.58. The van der Waals surface area contributed by atoms with E-state index in [0.717, 1.165) is 24.4 Å². The first-order valence-corrected chi connectivity index (χ1v) is 9.23. The fraction of sp³-hybridized carbons (Fsp3) is 0.400. The molecule has 5 nitrogen and oxygen atoms in total. The second kappa shape index (κ2) is 8.79. The van der Waals surface area contributed by atoms with Crippen LogP contribution in [0, 0.1) is 18.6 Å². The fourth-order valence-electron chi connectivity index (χ4n) is 3.23. The van der Waals surface area contributed by atoms with Crippen LogP contribution in [0.5, 0.6) is 0 Å². The molecule has 2 heterocycles. The first-order chi connectivity index (χ1) is 13.1. The lowest BCUT2D eigenvalue weighted by Crippen LogP contribution is -2.44. The number of aryl methyl sites for hydroxylation is 1. The zero-order chi connectivity index (χ0) is 19.2. The highest BCUT2D eigenvalue weighted by Gasteiger charge is 2.27. The number of para-hydroxylation sites is 1. The predicted octanol–water partition coefficient (Wildman–Crippen LogP) is 3.00. The van der Waals surface area contributed by atoms with Gasteiger partial charge in [0, 0.05) is 31.4 Å². The number of halogens is 2. The number of benzene rings is 1. The van der Waals surface area contributed by atoms with Crippen molar-refractivity contribution >= 4 is 11.6 Å². The minimum Gasteiger partial charge on any atom is -0.365 e. The Bertz CT molecular complexity index is 788. The van der Waals surface area contributed by atoms with E-state index in [2.05, 4.69) is 20.6 Å². The summed E-state index contributed by atoms with van der Waals surface area (Å²) in [6.07, 6.45) is 0.779. The van der Waals surface area contributed by atoms with Gasteiger partial charge < -0.3 is 15.5 Å². The zero-order valence-electron chi connectivity index (χ0n) is 15.7. The predicted molar refractivity (Wildman–Crippen MR) is 104 cm³/mol. The highest BCUT2D eigenvalue weighted by molar-refractivity contribution is 5.80. The molecule has 3 rings (SSSR count). The maximum absolute atomic E-state index is 14.0. The Morgan fingerprint density at radius 3 is 2.67 bits per heavy atom. The summed E-state index contributed by atoms with van der Waals surface area (Å²) in [6, 6.07) is 9.89. The summed E-state index contributed by atoms with van der Waals surface area (Å²) in [4.78, 5) is 10.8. The van der Waals surface area contributed by atoms with E-state index < -0.39 is 11.6 Å². The third-order valence-electron chi connectivity index (χ3n) is 4.47. The molecule has 0 bridgehead atoms. The zero-order valence-corrected chi connectivity index (χ0v) is 15.7. The molecule has 7 heteroatoms. The van der Waals surface area contributed by atoms with Crippen molar-refractivity contribution in [2.75, 3.05) is 24.5 Å². The molecule has 2 aromatic rings. The van der Waals surface area contributed by atoms with Gasteiger partial charge in [0.2, 0.25) is 0 Å². The van der Waals surface area contributed by atoms with Crippen molar-refractivity contribution in [2.24, 2.45) is 4.99 Å². The van der Waals surface area contributed by atoms with Gasteiger partial charge in [0.25, 0.3) is 0 Å². The Kier molecular flexibility index (Phi) is 6.21. The molecular formula is C20H25F2N5. The van der Waals surface area contributed by atoms with Gasteiger partial charge in [0.1, 0.15) is 17.3 Å². The quantitative estimate of drug-likeness (QED) is 0.625. The normalized spacial score (nSPS) is 17.3. The SMILES string of the molecule is CCNC(=NCc1cccc(C)n1)NC1CCN(c2c(F)cccc2F)C1. The van der Waals surface area contributed by atoms with Crippen LogP contribution >= 0.6 is 0 Å². The van der Waals surface area contributed by atoms with E-state index >= 15 is 0 Å². The molecule has 1 aliphatic heterocycles. The highest BCUT2D eigenvalue weighted by Crippen LogP contribution is 2.26. The number of guanidine groups is 1.